The molecule has 2 saturated heterocycles. The third kappa shape index (κ3) is 3.43. The Hall–Kier alpha value is -2.06. The Morgan fingerprint density at radius 2 is 1.88 bits per heavy atom. The lowest BCUT2D eigenvalue weighted by atomic mass is 10.1. The molecule has 1 amide bonds. The molecule has 4 rings (SSSR count). The average molecular weight is 382 g/mol. The van der Waals surface area contributed by atoms with E-state index in [1.54, 1.807) is 16.2 Å². The first-order valence-electron chi connectivity index (χ1n) is 8.32. The van der Waals surface area contributed by atoms with Crippen molar-refractivity contribution in [2.24, 2.45) is 0 Å². The van der Waals surface area contributed by atoms with Gasteiger partial charge in [0.1, 0.15) is 6.61 Å². The Labute approximate surface area is 152 Å². The standard InChI is InChI=1S/C18H17F3N2O2S/c19-18(20,21)13-3-1-12(2-4-13)16-6-5-15(26-16)10-22-7-8-23-14(9-22)11-25-17(23)24/h1-6,14H,7-11H2. The highest BCUT2D eigenvalue weighted by atomic mass is 32.1. The molecule has 0 N–H and O–H groups in total. The van der Waals surface area contributed by atoms with Crippen LogP contribution in [0.4, 0.5) is 18.0 Å². The van der Waals surface area contributed by atoms with E-state index in [1.165, 1.54) is 12.1 Å². The molecule has 1 aromatic heterocycles. The van der Waals surface area contributed by atoms with E-state index in [0.717, 1.165) is 47.1 Å². The zero-order valence-corrected chi connectivity index (χ0v) is 14.6. The number of hydrogen-bond donors (Lipinski definition) is 0. The Morgan fingerprint density at radius 3 is 2.62 bits per heavy atom. The number of piperazine rings is 1. The van der Waals surface area contributed by atoms with Gasteiger partial charge in [0, 0.05) is 35.9 Å². The number of halogens is 3. The summed E-state index contributed by atoms with van der Waals surface area (Å²) in [5.74, 6) is 0. The summed E-state index contributed by atoms with van der Waals surface area (Å²) in [5.41, 5.74) is 0.151. The van der Waals surface area contributed by atoms with Crippen LogP contribution in [0.15, 0.2) is 36.4 Å². The molecule has 2 aliphatic heterocycles. The Kier molecular flexibility index (Phi) is 4.40. The van der Waals surface area contributed by atoms with Gasteiger partial charge in [-0.25, -0.2) is 4.79 Å². The second-order valence-electron chi connectivity index (χ2n) is 6.50. The van der Waals surface area contributed by atoms with Gasteiger partial charge in [-0.05, 0) is 29.8 Å². The van der Waals surface area contributed by atoms with Crippen molar-refractivity contribution >= 4 is 17.4 Å². The van der Waals surface area contributed by atoms with Gasteiger partial charge in [0.05, 0.1) is 11.6 Å². The molecular formula is C18H17F3N2O2S. The lowest BCUT2D eigenvalue weighted by molar-refractivity contribution is -0.137. The van der Waals surface area contributed by atoms with Crippen molar-refractivity contribution in [3.63, 3.8) is 0 Å². The first kappa shape index (κ1) is 17.4. The smallest absolute Gasteiger partial charge is 0.416 e. The molecule has 0 radical (unpaired) electrons. The van der Waals surface area contributed by atoms with E-state index in [0.29, 0.717) is 13.2 Å². The van der Waals surface area contributed by atoms with E-state index in [9.17, 15) is 18.0 Å². The van der Waals surface area contributed by atoms with Gasteiger partial charge >= 0.3 is 12.3 Å². The molecule has 8 heteroatoms. The van der Waals surface area contributed by atoms with E-state index in [2.05, 4.69) is 4.90 Å². The lowest BCUT2D eigenvalue weighted by Crippen LogP contribution is -2.51. The van der Waals surface area contributed by atoms with Gasteiger partial charge < -0.3 is 4.74 Å². The highest BCUT2D eigenvalue weighted by molar-refractivity contribution is 7.15. The summed E-state index contributed by atoms with van der Waals surface area (Å²) in [4.78, 5) is 17.7. The summed E-state index contributed by atoms with van der Waals surface area (Å²) < 4.78 is 43.1. The third-order valence-corrected chi connectivity index (χ3v) is 5.86. The zero-order valence-electron chi connectivity index (χ0n) is 13.8. The van der Waals surface area contributed by atoms with Crippen LogP contribution in [0, 0.1) is 0 Å². The monoisotopic (exact) mass is 382 g/mol. The fraction of sp³-hybridized carbons (Fsp3) is 0.389. The van der Waals surface area contributed by atoms with Crippen molar-refractivity contribution in [3.05, 3.63) is 46.8 Å². The van der Waals surface area contributed by atoms with Gasteiger partial charge in [-0.3, -0.25) is 9.80 Å². The van der Waals surface area contributed by atoms with Crippen LogP contribution in [-0.2, 0) is 17.5 Å². The van der Waals surface area contributed by atoms with Gasteiger partial charge in [0.2, 0.25) is 0 Å². The number of alkyl halides is 3. The van der Waals surface area contributed by atoms with Crippen LogP contribution in [0.5, 0.6) is 0 Å². The molecule has 26 heavy (non-hydrogen) atoms. The summed E-state index contributed by atoms with van der Waals surface area (Å²) in [6.07, 6.45) is -4.54. The van der Waals surface area contributed by atoms with E-state index in [-0.39, 0.29) is 12.1 Å². The van der Waals surface area contributed by atoms with E-state index in [1.807, 2.05) is 12.1 Å². The predicted molar refractivity (Wildman–Crippen MR) is 91.9 cm³/mol. The Bertz CT molecular complexity index is 804. The summed E-state index contributed by atoms with van der Waals surface area (Å²) in [7, 11) is 0. The molecule has 4 nitrogen and oxygen atoms in total. The molecule has 0 saturated carbocycles. The third-order valence-electron chi connectivity index (χ3n) is 4.74. The number of thiophene rings is 1. The van der Waals surface area contributed by atoms with Gasteiger partial charge in [-0.1, -0.05) is 12.1 Å². The number of carbonyl (C=O) groups excluding carboxylic acids is 1. The summed E-state index contributed by atoms with van der Waals surface area (Å²) in [6.45, 7) is 3.44. The van der Waals surface area contributed by atoms with Crippen molar-refractivity contribution in [1.82, 2.24) is 9.80 Å². The molecule has 1 atom stereocenters. The number of cyclic esters (lactones) is 1. The van der Waals surface area contributed by atoms with Crippen molar-refractivity contribution in [2.45, 2.75) is 18.8 Å². The number of fused-ring (bicyclic) bond motifs is 1. The molecule has 138 valence electrons. The molecule has 0 bridgehead atoms. The second-order valence-corrected chi connectivity index (χ2v) is 7.67. The predicted octanol–water partition coefficient (Wildman–Crippen LogP) is 4.07. The van der Waals surface area contributed by atoms with Crippen LogP contribution in [0.25, 0.3) is 10.4 Å². The van der Waals surface area contributed by atoms with Crippen molar-refractivity contribution in [1.29, 1.82) is 0 Å². The molecule has 0 spiro atoms. The van der Waals surface area contributed by atoms with E-state index < -0.39 is 11.7 Å². The molecule has 2 aliphatic rings. The van der Waals surface area contributed by atoms with Crippen LogP contribution in [0.1, 0.15) is 10.4 Å². The maximum absolute atomic E-state index is 12.7. The zero-order chi connectivity index (χ0) is 18.3. The number of rotatable bonds is 3. The van der Waals surface area contributed by atoms with Gasteiger partial charge in [-0.2, -0.15) is 13.2 Å². The molecule has 1 aromatic carbocycles. The first-order valence-corrected chi connectivity index (χ1v) is 9.14. The van der Waals surface area contributed by atoms with Crippen LogP contribution < -0.4 is 0 Å². The topological polar surface area (TPSA) is 32.8 Å². The highest BCUT2D eigenvalue weighted by Gasteiger charge is 2.37. The fourth-order valence-electron chi connectivity index (χ4n) is 3.36. The largest absolute Gasteiger partial charge is 0.447 e. The van der Waals surface area contributed by atoms with E-state index >= 15 is 0 Å². The first-order chi connectivity index (χ1) is 12.4. The summed E-state index contributed by atoms with van der Waals surface area (Å²) in [6, 6.07) is 9.33. The molecular weight excluding hydrogens is 365 g/mol. The molecule has 3 heterocycles. The maximum Gasteiger partial charge on any atom is 0.416 e. The lowest BCUT2D eigenvalue weighted by Gasteiger charge is -2.35. The highest BCUT2D eigenvalue weighted by Crippen LogP contribution is 2.33. The Morgan fingerprint density at radius 1 is 1.12 bits per heavy atom. The summed E-state index contributed by atoms with van der Waals surface area (Å²) >= 11 is 1.58. The summed E-state index contributed by atoms with van der Waals surface area (Å²) in [5, 5.41) is 0. The van der Waals surface area contributed by atoms with Gasteiger partial charge in [0.25, 0.3) is 0 Å². The van der Waals surface area contributed by atoms with Crippen molar-refractivity contribution < 1.29 is 22.7 Å². The van der Waals surface area contributed by atoms with Crippen molar-refractivity contribution in [3.8, 4) is 10.4 Å². The quantitative estimate of drug-likeness (QED) is 0.802. The fourth-order valence-corrected chi connectivity index (χ4v) is 4.41. The normalized spacial score (nSPS) is 21.0. The number of hydrogen-bond acceptors (Lipinski definition) is 4. The minimum atomic E-state index is -4.31. The number of ether oxygens (including phenoxy) is 1. The number of nitrogens with zero attached hydrogens (tertiary/aromatic N) is 2. The van der Waals surface area contributed by atoms with Gasteiger partial charge in [-0.15, -0.1) is 11.3 Å². The molecule has 2 fully saturated rings. The minimum Gasteiger partial charge on any atom is -0.447 e. The van der Waals surface area contributed by atoms with Crippen LogP contribution in [-0.4, -0.2) is 48.2 Å². The number of amides is 1. The SMILES string of the molecule is O=C1OCC2CN(Cc3ccc(-c4ccc(C(F)(F)F)cc4)s3)CCN12. The Balaban J connectivity index is 1.41. The average Bonchev–Trinajstić information content (AvgIpc) is 3.21. The minimum absolute atomic E-state index is 0.116. The molecule has 2 aromatic rings. The van der Waals surface area contributed by atoms with Crippen LogP contribution in [0.2, 0.25) is 0 Å². The molecule has 1 unspecified atom stereocenters. The maximum atomic E-state index is 12.7. The second kappa shape index (κ2) is 6.59. The number of benzene rings is 1. The van der Waals surface area contributed by atoms with Crippen LogP contribution >= 0.6 is 11.3 Å². The van der Waals surface area contributed by atoms with Crippen LogP contribution in [0.3, 0.4) is 0 Å². The molecule has 0 aliphatic carbocycles. The number of carbonyl (C=O) groups is 1. The van der Waals surface area contributed by atoms with Crippen molar-refractivity contribution in [2.75, 3.05) is 26.2 Å². The van der Waals surface area contributed by atoms with Gasteiger partial charge in [0.15, 0.2) is 0 Å². The van der Waals surface area contributed by atoms with E-state index in [4.69, 9.17) is 4.74 Å².